The Labute approximate surface area is 127 Å². The molecule has 1 aromatic carbocycles. The van der Waals surface area contributed by atoms with Crippen LogP contribution in [0.4, 0.5) is 5.69 Å². The fourth-order valence-corrected chi connectivity index (χ4v) is 4.40. The van der Waals surface area contributed by atoms with Crippen LogP contribution in [0.3, 0.4) is 0 Å². The lowest BCUT2D eigenvalue weighted by Gasteiger charge is -2.40. The zero-order valence-electron chi connectivity index (χ0n) is 13.1. The lowest BCUT2D eigenvalue weighted by molar-refractivity contribution is -0.0659. The molecule has 21 heavy (non-hydrogen) atoms. The number of benzene rings is 1. The van der Waals surface area contributed by atoms with Crippen molar-refractivity contribution in [3.05, 3.63) is 23.3 Å². The zero-order chi connectivity index (χ0) is 15.7. The van der Waals surface area contributed by atoms with Crippen LogP contribution >= 0.6 is 0 Å². The maximum absolute atomic E-state index is 12.6. The van der Waals surface area contributed by atoms with E-state index in [2.05, 4.69) is 10.0 Å². The first-order valence-corrected chi connectivity index (χ1v) is 8.66. The number of nitrogens with one attached hydrogen (secondary N) is 2. The molecule has 5 nitrogen and oxygen atoms in total. The Bertz CT molecular complexity index is 593. The molecule has 0 radical (unpaired) electrons. The standard InChI is InChI=1S/C15H24N2O3S/c1-11-8-13(16-3)9-12(2)14(11)21(18,19)17-10-15(20-4)6-5-7-15/h8-9,16-17H,5-7,10H2,1-4H3. The largest absolute Gasteiger partial charge is 0.388 e. The summed E-state index contributed by atoms with van der Waals surface area (Å²) in [5.41, 5.74) is 2.08. The molecule has 1 aliphatic rings. The first kappa shape index (κ1) is 16.3. The van der Waals surface area contributed by atoms with Crippen molar-refractivity contribution in [2.45, 2.75) is 43.6 Å². The normalized spacial score (nSPS) is 17.3. The maximum Gasteiger partial charge on any atom is 0.241 e. The van der Waals surface area contributed by atoms with Crippen molar-refractivity contribution in [3.63, 3.8) is 0 Å². The minimum absolute atomic E-state index is 0.320. The van der Waals surface area contributed by atoms with Crippen LogP contribution < -0.4 is 10.0 Å². The summed E-state index contributed by atoms with van der Waals surface area (Å²) < 4.78 is 33.4. The molecule has 0 heterocycles. The van der Waals surface area contributed by atoms with Crippen molar-refractivity contribution in [2.75, 3.05) is 26.0 Å². The van der Waals surface area contributed by atoms with Gasteiger partial charge in [-0.15, -0.1) is 0 Å². The average molecular weight is 312 g/mol. The molecule has 0 aliphatic heterocycles. The van der Waals surface area contributed by atoms with Gasteiger partial charge < -0.3 is 10.1 Å². The van der Waals surface area contributed by atoms with Gasteiger partial charge in [-0.05, 0) is 56.4 Å². The summed E-state index contributed by atoms with van der Waals surface area (Å²) >= 11 is 0. The van der Waals surface area contributed by atoms with Gasteiger partial charge in [0, 0.05) is 26.4 Å². The Kier molecular flexibility index (Phi) is 4.60. The number of hydrogen-bond donors (Lipinski definition) is 2. The van der Waals surface area contributed by atoms with Gasteiger partial charge in [-0.25, -0.2) is 13.1 Å². The van der Waals surface area contributed by atoms with Gasteiger partial charge in [0.2, 0.25) is 10.0 Å². The molecule has 0 aromatic heterocycles. The first-order chi connectivity index (χ1) is 9.83. The number of rotatable bonds is 6. The SMILES string of the molecule is CNc1cc(C)c(S(=O)(=O)NCC2(OC)CCC2)c(C)c1. The Morgan fingerprint density at radius 3 is 2.19 bits per heavy atom. The van der Waals surface area contributed by atoms with Gasteiger partial charge in [0.25, 0.3) is 0 Å². The fraction of sp³-hybridized carbons (Fsp3) is 0.600. The zero-order valence-corrected chi connectivity index (χ0v) is 13.9. The summed E-state index contributed by atoms with van der Waals surface area (Å²) in [6.45, 7) is 3.97. The van der Waals surface area contributed by atoms with E-state index in [1.165, 1.54) is 0 Å². The number of aryl methyl sites for hydroxylation is 2. The third-order valence-electron chi connectivity index (χ3n) is 4.30. The van der Waals surface area contributed by atoms with Crippen molar-refractivity contribution in [1.82, 2.24) is 4.72 Å². The van der Waals surface area contributed by atoms with E-state index in [-0.39, 0.29) is 5.60 Å². The molecular formula is C15H24N2O3S. The Hall–Kier alpha value is -1.11. The molecule has 118 valence electrons. The van der Waals surface area contributed by atoms with Gasteiger partial charge in [0.15, 0.2) is 0 Å². The second-order valence-corrected chi connectivity index (χ2v) is 7.46. The average Bonchev–Trinajstić information content (AvgIpc) is 2.36. The van der Waals surface area contributed by atoms with Gasteiger partial charge in [-0.2, -0.15) is 0 Å². The smallest absolute Gasteiger partial charge is 0.241 e. The quantitative estimate of drug-likeness (QED) is 0.845. The van der Waals surface area contributed by atoms with E-state index in [0.717, 1.165) is 36.1 Å². The third kappa shape index (κ3) is 3.22. The number of sulfonamides is 1. The van der Waals surface area contributed by atoms with Crippen LogP contribution in [0.25, 0.3) is 0 Å². The molecule has 1 aliphatic carbocycles. The second kappa shape index (κ2) is 5.94. The molecule has 6 heteroatoms. The topological polar surface area (TPSA) is 67.4 Å². The van der Waals surface area contributed by atoms with Crippen LogP contribution in [0.5, 0.6) is 0 Å². The van der Waals surface area contributed by atoms with Crippen LogP contribution in [-0.2, 0) is 14.8 Å². The summed E-state index contributed by atoms with van der Waals surface area (Å²) in [5.74, 6) is 0. The van der Waals surface area contributed by atoms with Gasteiger partial charge in [-0.1, -0.05) is 0 Å². The second-order valence-electron chi connectivity index (χ2n) is 5.75. The fourth-order valence-electron chi connectivity index (χ4n) is 2.84. The van der Waals surface area contributed by atoms with Crippen molar-refractivity contribution in [1.29, 1.82) is 0 Å². The molecule has 2 rings (SSSR count). The predicted octanol–water partition coefficient (Wildman–Crippen LogP) is 2.19. The van der Waals surface area contributed by atoms with Crippen LogP contribution in [0, 0.1) is 13.8 Å². The summed E-state index contributed by atoms with van der Waals surface area (Å²) in [7, 11) is -0.0603. The minimum atomic E-state index is -3.52. The van der Waals surface area contributed by atoms with E-state index < -0.39 is 10.0 Å². The highest BCUT2D eigenvalue weighted by molar-refractivity contribution is 7.89. The number of anilines is 1. The predicted molar refractivity (Wildman–Crippen MR) is 84.2 cm³/mol. The Morgan fingerprint density at radius 1 is 1.24 bits per heavy atom. The molecule has 0 bridgehead atoms. The monoisotopic (exact) mass is 312 g/mol. The highest BCUT2D eigenvalue weighted by Gasteiger charge is 2.38. The molecule has 2 N–H and O–H groups in total. The molecule has 0 atom stereocenters. The van der Waals surface area contributed by atoms with Crippen LogP contribution in [0.15, 0.2) is 17.0 Å². The van der Waals surface area contributed by atoms with Crippen molar-refractivity contribution in [2.24, 2.45) is 0 Å². The number of ether oxygens (including phenoxy) is 1. The molecule has 0 saturated heterocycles. The van der Waals surface area contributed by atoms with Gasteiger partial charge in [-0.3, -0.25) is 0 Å². The van der Waals surface area contributed by atoms with E-state index in [4.69, 9.17) is 4.74 Å². The third-order valence-corrected chi connectivity index (χ3v) is 6.01. The summed E-state index contributed by atoms with van der Waals surface area (Å²) in [6.07, 6.45) is 2.90. The highest BCUT2D eigenvalue weighted by atomic mass is 32.2. The minimum Gasteiger partial charge on any atom is -0.388 e. The van der Waals surface area contributed by atoms with Crippen LogP contribution in [0.2, 0.25) is 0 Å². The summed E-state index contributed by atoms with van der Waals surface area (Å²) in [6, 6.07) is 3.69. The van der Waals surface area contributed by atoms with Gasteiger partial charge in [0.05, 0.1) is 10.5 Å². The number of methoxy groups -OCH3 is 1. The molecular weight excluding hydrogens is 288 g/mol. The van der Waals surface area contributed by atoms with Crippen LogP contribution in [0.1, 0.15) is 30.4 Å². The summed E-state index contributed by atoms with van der Waals surface area (Å²) in [5, 5.41) is 3.04. The van der Waals surface area contributed by atoms with E-state index in [0.29, 0.717) is 11.4 Å². The van der Waals surface area contributed by atoms with Gasteiger partial charge >= 0.3 is 0 Å². The van der Waals surface area contributed by atoms with E-state index in [9.17, 15) is 8.42 Å². The van der Waals surface area contributed by atoms with Crippen molar-refractivity contribution < 1.29 is 13.2 Å². The molecule has 0 spiro atoms. The van der Waals surface area contributed by atoms with Gasteiger partial charge in [0.1, 0.15) is 0 Å². The van der Waals surface area contributed by atoms with E-state index in [1.54, 1.807) is 7.11 Å². The van der Waals surface area contributed by atoms with E-state index in [1.807, 2.05) is 33.0 Å². The van der Waals surface area contributed by atoms with Crippen molar-refractivity contribution in [3.8, 4) is 0 Å². The molecule has 0 unspecified atom stereocenters. The van der Waals surface area contributed by atoms with E-state index >= 15 is 0 Å². The number of hydrogen-bond acceptors (Lipinski definition) is 4. The maximum atomic E-state index is 12.6. The lowest BCUT2D eigenvalue weighted by Crippen LogP contribution is -2.49. The lowest BCUT2D eigenvalue weighted by atomic mass is 9.80. The summed E-state index contributed by atoms with van der Waals surface area (Å²) in [4.78, 5) is 0.368. The Balaban J connectivity index is 2.24. The Morgan fingerprint density at radius 2 is 1.81 bits per heavy atom. The molecule has 0 amide bonds. The molecule has 1 saturated carbocycles. The molecule has 1 aromatic rings. The van der Waals surface area contributed by atoms with Crippen molar-refractivity contribution >= 4 is 15.7 Å². The first-order valence-electron chi connectivity index (χ1n) is 7.17. The highest BCUT2D eigenvalue weighted by Crippen LogP contribution is 2.35. The van der Waals surface area contributed by atoms with Crippen LogP contribution in [-0.4, -0.2) is 34.7 Å². The molecule has 1 fully saturated rings.